The third-order valence-corrected chi connectivity index (χ3v) is 4.99. The number of piperidine rings is 1. The second-order valence-corrected chi connectivity index (χ2v) is 7.89. The van der Waals surface area contributed by atoms with E-state index in [1.54, 1.807) is 0 Å². The van der Waals surface area contributed by atoms with Gasteiger partial charge < -0.3 is 10.2 Å². The monoisotopic (exact) mass is 402 g/mol. The van der Waals surface area contributed by atoms with Gasteiger partial charge in [-0.3, -0.25) is 19.2 Å². The quantitative estimate of drug-likeness (QED) is 0.402. The average molecular weight is 402 g/mol. The van der Waals surface area contributed by atoms with Gasteiger partial charge in [0, 0.05) is 18.6 Å². The van der Waals surface area contributed by atoms with Gasteiger partial charge in [-0.15, -0.1) is 0 Å². The number of carboxylic acid groups (broad SMARTS) is 2. The second-order valence-electron chi connectivity index (χ2n) is 6.29. The molecule has 1 amide bonds. The SMILES string of the molecule is CS(=O)(=O)O[C@H]1CC[C@@](Cc2ccc([N+](=O)[O-])cc2)(C(=O)O)N(C(=O)O)C1. The standard InChI is InChI=1S/C15H18N2O9S/c1-27(24,25)26-12-6-7-15(13(18)19,16(9-12)14(20)21)8-10-2-4-11(5-3-10)17(22)23/h2-5,12H,6-9H2,1H3,(H,18,19)(H,20,21)/t12-,15+/m0/s1. The third-order valence-electron chi connectivity index (χ3n) is 4.37. The fourth-order valence-electron chi connectivity index (χ4n) is 3.15. The first-order valence-electron chi connectivity index (χ1n) is 7.80. The lowest BCUT2D eigenvalue weighted by molar-refractivity contribution is -0.384. The number of benzene rings is 1. The summed E-state index contributed by atoms with van der Waals surface area (Å²) in [5.74, 6) is -1.39. The van der Waals surface area contributed by atoms with Gasteiger partial charge in [0.05, 0.1) is 23.8 Å². The normalized spacial score (nSPS) is 23.0. The van der Waals surface area contributed by atoms with Crippen molar-refractivity contribution < 1.29 is 37.3 Å². The maximum Gasteiger partial charge on any atom is 0.408 e. The Hall–Kier alpha value is -2.73. The van der Waals surface area contributed by atoms with E-state index in [0.717, 1.165) is 6.26 Å². The molecule has 11 nitrogen and oxygen atoms in total. The molecule has 2 N–H and O–H groups in total. The number of nitro groups is 1. The Bertz CT molecular complexity index is 853. The largest absolute Gasteiger partial charge is 0.479 e. The Balaban J connectivity index is 2.33. The van der Waals surface area contributed by atoms with Crippen molar-refractivity contribution in [1.29, 1.82) is 0 Å². The highest BCUT2D eigenvalue weighted by atomic mass is 32.2. The molecule has 27 heavy (non-hydrogen) atoms. The van der Waals surface area contributed by atoms with Crippen LogP contribution in [0.3, 0.4) is 0 Å². The number of hydrogen-bond acceptors (Lipinski definition) is 7. The lowest BCUT2D eigenvalue weighted by atomic mass is 9.80. The molecular formula is C15H18N2O9S. The Morgan fingerprint density at radius 2 is 1.93 bits per heavy atom. The van der Waals surface area contributed by atoms with Crippen LogP contribution < -0.4 is 0 Å². The summed E-state index contributed by atoms with van der Waals surface area (Å²) in [5, 5.41) is 30.0. The fourth-order valence-corrected chi connectivity index (χ4v) is 3.80. The van der Waals surface area contributed by atoms with Crippen molar-refractivity contribution in [3.8, 4) is 0 Å². The topological polar surface area (TPSA) is 164 Å². The van der Waals surface area contributed by atoms with Crippen LogP contribution in [0.25, 0.3) is 0 Å². The molecule has 0 bridgehead atoms. The maximum atomic E-state index is 12.0. The van der Waals surface area contributed by atoms with Gasteiger partial charge in [0.1, 0.15) is 5.54 Å². The molecule has 0 unspecified atom stereocenters. The summed E-state index contributed by atoms with van der Waals surface area (Å²) in [7, 11) is -3.83. The minimum atomic E-state index is -3.83. The number of carbonyl (C=O) groups is 2. The molecule has 0 aromatic heterocycles. The molecule has 2 atom stereocenters. The molecule has 0 saturated carbocycles. The zero-order valence-corrected chi connectivity index (χ0v) is 15.1. The molecule has 148 valence electrons. The number of nitro benzene ring substituents is 1. The van der Waals surface area contributed by atoms with Crippen LogP contribution in [0.15, 0.2) is 24.3 Å². The van der Waals surface area contributed by atoms with E-state index in [0.29, 0.717) is 10.5 Å². The lowest BCUT2D eigenvalue weighted by Gasteiger charge is -2.44. The van der Waals surface area contributed by atoms with Gasteiger partial charge in [-0.25, -0.2) is 9.59 Å². The summed E-state index contributed by atoms with van der Waals surface area (Å²) in [6.45, 7) is -0.429. The van der Waals surface area contributed by atoms with Gasteiger partial charge in [-0.1, -0.05) is 12.1 Å². The molecule has 12 heteroatoms. The number of carboxylic acids is 1. The number of non-ortho nitro benzene ring substituents is 1. The Kier molecular flexibility index (Phi) is 5.70. The van der Waals surface area contributed by atoms with Crippen LogP contribution >= 0.6 is 0 Å². The van der Waals surface area contributed by atoms with E-state index in [1.165, 1.54) is 24.3 Å². The first kappa shape index (κ1) is 20.6. The molecule has 1 fully saturated rings. The summed E-state index contributed by atoms with van der Waals surface area (Å²) in [6.07, 6.45) is -2.06. The predicted molar refractivity (Wildman–Crippen MR) is 90.8 cm³/mol. The zero-order chi connectivity index (χ0) is 20.4. The summed E-state index contributed by atoms with van der Waals surface area (Å²) in [5.41, 5.74) is -1.61. The smallest absolute Gasteiger partial charge is 0.408 e. The molecule has 1 aliphatic rings. The van der Waals surface area contributed by atoms with Gasteiger partial charge in [0.2, 0.25) is 0 Å². The molecule has 1 aromatic rings. The van der Waals surface area contributed by atoms with E-state index < -0.39 is 45.3 Å². The summed E-state index contributed by atoms with van der Waals surface area (Å²) in [4.78, 5) is 34.5. The molecule has 1 heterocycles. The highest BCUT2D eigenvalue weighted by Gasteiger charge is 2.51. The lowest BCUT2D eigenvalue weighted by Crippen LogP contribution is -2.63. The Morgan fingerprint density at radius 1 is 1.33 bits per heavy atom. The number of likely N-dealkylation sites (tertiary alicyclic amines) is 1. The van der Waals surface area contributed by atoms with E-state index in [-0.39, 0.29) is 24.9 Å². The third kappa shape index (κ3) is 4.71. The van der Waals surface area contributed by atoms with Crippen LogP contribution in [0.1, 0.15) is 18.4 Å². The Labute approximate surface area is 154 Å². The van der Waals surface area contributed by atoms with Crippen LogP contribution in [0.4, 0.5) is 10.5 Å². The van der Waals surface area contributed by atoms with Gasteiger partial charge in [0.15, 0.2) is 0 Å². The second kappa shape index (κ2) is 7.48. The maximum absolute atomic E-state index is 12.0. The van der Waals surface area contributed by atoms with E-state index >= 15 is 0 Å². The van der Waals surface area contributed by atoms with Crippen molar-refractivity contribution in [1.82, 2.24) is 4.90 Å². The van der Waals surface area contributed by atoms with Crippen molar-refractivity contribution in [3.63, 3.8) is 0 Å². The summed E-state index contributed by atoms with van der Waals surface area (Å²) < 4.78 is 27.4. The minimum Gasteiger partial charge on any atom is -0.479 e. The van der Waals surface area contributed by atoms with Crippen molar-refractivity contribution in [2.24, 2.45) is 0 Å². The molecule has 0 spiro atoms. The highest BCUT2D eigenvalue weighted by molar-refractivity contribution is 7.86. The minimum absolute atomic E-state index is 0.0239. The Morgan fingerprint density at radius 3 is 2.37 bits per heavy atom. The van der Waals surface area contributed by atoms with Gasteiger partial charge in [0.25, 0.3) is 15.8 Å². The highest BCUT2D eigenvalue weighted by Crippen LogP contribution is 2.34. The van der Waals surface area contributed by atoms with E-state index in [4.69, 9.17) is 4.18 Å². The fraction of sp³-hybridized carbons (Fsp3) is 0.467. The van der Waals surface area contributed by atoms with Crippen molar-refractivity contribution >= 4 is 27.9 Å². The van der Waals surface area contributed by atoms with Crippen molar-refractivity contribution in [3.05, 3.63) is 39.9 Å². The predicted octanol–water partition coefficient (Wildman–Crippen LogP) is 1.08. The zero-order valence-electron chi connectivity index (χ0n) is 14.3. The number of aliphatic carboxylic acids is 1. The van der Waals surface area contributed by atoms with Gasteiger partial charge >= 0.3 is 12.1 Å². The number of nitrogens with zero attached hydrogens (tertiary/aromatic N) is 2. The number of rotatable bonds is 6. The van der Waals surface area contributed by atoms with Crippen LogP contribution in [0, 0.1) is 10.1 Å². The van der Waals surface area contributed by atoms with Crippen molar-refractivity contribution in [2.45, 2.75) is 30.9 Å². The van der Waals surface area contributed by atoms with Crippen LogP contribution in [0.2, 0.25) is 0 Å². The number of hydrogen-bond donors (Lipinski definition) is 2. The molecule has 1 aromatic carbocycles. The van der Waals surface area contributed by atoms with Crippen LogP contribution in [0.5, 0.6) is 0 Å². The van der Waals surface area contributed by atoms with Crippen molar-refractivity contribution in [2.75, 3.05) is 12.8 Å². The van der Waals surface area contributed by atoms with Crippen LogP contribution in [-0.2, 0) is 25.5 Å². The van der Waals surface area contributed by atoms with E-state index in [2.05, 4.69) is 0 Å². The summed E-state index contributed by atoms with van der Waals surface area (Å²) in [6, 6.07) is 5.13. The molecule has 0 aliphatic carbocycles. The van der Waals surface area contributed by atoms with Crippen LogP contribution in [-0.4, -0.2) is 65.0 Å². The first-order valence-corrected chi connectivity index (χ1v) is 9.62. The molecule has 2 rings (SSSR count). The molecule has 1 saturated heterocycles. The number of amides is 1. The van der Waals surface area contributed by atoms with Gasteiger partial charge in [-0.05, 0) is 18.4 Å². The molecular weight excluding hydrogens is 384 g/mol. The average Bonchev–Trinajstić information content (AvgIpc) is 2.55. The van der Waals surface area contributed by atoms with E-state index in [1.807, 2.05) is 0 Å². The molecule has 0 radical (unpaired) electrons. The first-order chi connectivity index (χ1) is 12.4. The van der Waals surface area contributed by atoms with Gasteiger partial charge in [-0.2, -0.15) is 8.42 Å². The summed E-state index contributed by atoms with van der Waals surface area (Å²) >= 11 is 0. The van der Waals surface area contributed by atoms with E-state index in [9.17, 15) is 38.3 Å². The molecule has 1 aliphatic heterocycles.